The quantitative estimate of drug-likeness (QED) is 0.732. The number of hydrogen-bond donors (Lipinski definition) is 1. The molecule has 0 fully saturated rings. The fraction of sp³-hybridized carbons (Fsp3) is 0.500. The highest BCUT2D eigenvalue weighted by atomic mass is 19.4. The molecule has 2 aromatic rings. The first kappa shape index (κ1) is 23.8. The molecule has 30 heavy (non-hydrogen) atoms. The fourth-order valence-electron chi connectivity index (χ4n) is 3.06. The van der Waals surface area contributed by atoms with E-state index >= 15 is 0 Å². The van der Waals surface area contributed by atoms with Crippen LogP contribution in [0.4, 0.5) is 17.6 Å². The van der Waals surface area contributed by atoms with Gasteiger partial charge in [0, 0.05) is 32.2 Å². The second kappa shape index (κ2) is 10.0. The lowest BCUT2D eigenvalue weighted by atomic mass is 10.0. The number of aryl methyl sites for hydroxylation is 1. The zero-order valence-electron chi connectivity index (χ0n) is 17.0. The first-order valence-electron chi connectivity index (χ1n) is 9.39. The molecule has 0 radical (unpaired) electrons. The first-order valence-corrected chi connectivity index (χ1v) is 9.39. The minimum atomic E-state index is -5.08. The number of carboxylic acids is 1. The number of hydrogen-bond acceptors (Lipinski definition) is 4. The van der Waals surface area contributed by atoms with Crippen LogP contribution in [0, 0.1) is 5.82 Å². The maximum absolute atomic E-state index is 13.0. The number of aliphatic carboxylic acids is 1. The molecular formula is C20H25F4N3O3. The lowest BCUT2D eigenvalue weighted by Crippen LogP contribution is -2.31. The number of carbonyl (C=O) groups is 1. The van der Waals surface area contributed by atoms with Crippen molar-refractivity contribution in [3.05, 3.63) is 52.6 Å². The Labute approximate surface area is 172 Å². The standard InChI is InChI=1S/C18H24FN3O.C2HF3O2/c1-13(2)23-12-17-16-8-9-22(11-18(16)21(3)20-17)10-14-4-6-15(19)7-5-14;3-2(4,5)1(6)7/h4-7,13H,8-12H2,1-3H3;(H,6,7). The average Bonchev–Trinajstić information content (AvgIpc) is 2.97. The summed E-state index contributed by atoms with van der Waals surface area (Å²) in [6.45, 7) is 7.36. The van der Waals surface area contributed by atoms with Crippen molar-refractivity contribution in [3.63, 3.8) is 0 Å². The molecule has 2 heterocycles. The van der Waals surface area contributed by atoms with E-state index in [0.717, 1.165) is 37.3 Å². The first-order chi connectivity index (χ1) is 14.0. The molecule has 1 aliphatic heterocycles. The van der Waals surface area contributed by atoms with Gasteiger partial charge in [0.25, 0.3) is 0 Å². The van der Waals surface area contributed by atoms with E-state index in [1.807, 2.05) is 37.7 Å². The molecule has 166 valence electrons. The zero-order chi connectivity index (χ0) is 22.5. The summed E-state index contributed by atoms with van der Waals surface area (Å²) in [4.78, 5) is 11.3. The Morgan fingerprint density at radius 2 is 1.87 bits per heavy atom. The molecule has 0 unspecified atom stereocenters. The van der Waals surface area contributed by atoms with E-state index in [2.05, 4.69) is 10.00 Å². The van der Waals surface area contributed by atoms with Crippen molar-refractivity contribution in [2.24, 2.45) is 7.05 Å². The van der Waals surface area contributed by atoms with Crippen molar-refractivity contribution in [2.45, 2.75) is 52.2 Å². The number of alkyl halides is 3. The normalized spacial score (nSPS) is 14.3. The Balaban J connectivity index is 0.000000396. The molecule has 0 bridgehead atoms. The van der Waals surface area contributed by atoms with Crippen molar-refractivity contribution >= 4 is 5.97 Å². The third kappa shape index (κ3) is 6.81. The molecule has 3 rings (SSSR count). The van der Waals surface area contributed by atoms with E-state index < -0.39 is 12.1 Å². The molecule has 6 nitrogen and oxygen atoms in total. The summed E-state index contributed by atoms with van der Waals surface area (Å²) in [7, 11) is 2.00. The van der Waals surface area contributed by atoms with Crippen LogP contribution in [0.1, 0.15) is 36.4 Å². The van der Waals surface area contributed by atoms with Gasteiger partial charge in [0.2, 0.25) is 0 Å². The van der Waals surface area contributed by atoms with Crippen LogP contribution in [0.3, 0.4) is 0 Å². The lowest BCUT2D eigenvalue weighted by Gasteiger charge is -2.27. The number of aromatic nitrogens is 2. The van der Waals surface area contributed by atoms with E-state index in [1.165, 1.54) is 23.4 Å². The Kier molecular flexibility index (Phi) is 7.96. The maximum Gasteiger partial charge on any atom is 0.490 e. The van der Waals surface area contributed by atoms with Crippen LogP contribution < -0.4 is 0 Å². The number of fused-ring (bicyclic) bond motifs is 1. The Morgan fingerprint density at radius 1 is 1.27 bits per heavy atom. The largest absolute Gasteiger partial charge is 0.490 e. The van der Waals surface area contributed by atoms with Crippen molar-refractivity contribution in [2.75, 3.05) is 6.54 Å². The molecule has 10 heteroatoms. The Hall–Kier alpha value is -2.46. The van der Waals surface area contributed by atoms with E-state index in [4.69, 9.17) is 14.6 Å². The molecule has 1 N–H and O–H groups in total. The maximum atomic E-state index is 13.0. The zero-order valence-corrected chi connectivity index (χ0v) is 17.0. The van der Waals surface area contributed by atoms with E-state index in [-0.39, 0.29) is 11.9 Å². The van der Waals surface area contributed by atoms with Crippen LogP contribution >= 0.6 is 0 Å². The molecule has 0 amide bonds. The Morgan fingerprint density at radius 3 is 2.40 bits per heavy atom. The predicted molar refractivity (Wildman–Crippen MR) is 101 cm³/mol. The smallest absolute Gasteiger partial charge is 0.475 e. The number of ether oxygens (including phenoxy) is 1. The van der Waals surface area contributed by atoms with Crippen LogP contribution in [0.15, 0.2) is 24.3 Å². The van der Waals surface area contributed by atoms with Gasteiger partial charge in [-0.15, -0.1) is 0 Å². The summed E-state index contributed by atoms with van der Waals surface area (Å²) in [6, 6.07) is 6.76. The SMILES string of the molecule is CC(C)OCc1nn(C)c2c1CCN(Cc1ccc(F)cc1)C2.O=C(O)C(F)(F)F. The van der Waals surface area contributed by atoms with Crippen LogP contribution in [0.5, 0.6) is 0 Å². The van der Waals surface area contributed by atoms with E-state index in [1.54, 1.807) is 0 Å². The van der Waals surface area contributed by atoms with Gasteiger partial charge < -0.3 is 9.84 Å². The molecule has 0 saturated heterocycles. The summed E-state index contributed by atoms with van der Waals surface area (Å²) in [6.07, 6.45) is -3.88. The summed E-state index contributed by atoms with van der Waals surface area (Å²) in [5, 5.41) is 11.8. The van der Waals surface area contributed by atoms with Gasteiger partial charge in [0.1, 0.15) is 5.82 Å². The van der Waals surface area contributed by atoms with Crippen LogP contribution in [0.25, 0.3) is 0 Å². The number of benzene rings is 1. The summed E-state index contributed by atoms with van der Waals surface area (Å²) in [5.74, 6) is -2.94. The third-order valence-electron chi connectivity index (χ3n) is 4.52. The highest BCUT2D eigenvalue weighted by molar-refractivity contribution is 5.73. The average molecular weight is 431 g/mol. The lowest BCUT2D eigenvalue weighted by molar-refractivity contribution is -0.192. The molecule has 0 aliphatic carbocycles. The van der Waals surface area contributed by atoms with Crippen molar-refractivity contribution < 1.29 is 32.2 Å². The van der Waals surface area contributed by atoms with Crippen LogP contribution in [0.2, 0.25) is 0 Å². The number of nitrogens with zero attached hydrogens (tertiary/aromatic N) is 3. The predicted octanol–water partition coefficient (Wildman–Crippen LogP) is 3.68. The van der Waals surface area contributed by atoms with Gasteiger partial charge in [-0.25, -0.2) is 9.18 Å². The van der Waals surface area contributed by atoms with E-state index in [0.29, 0.717) is 6.61 Å². The van der Waals surface area contributed by atoms with Crippen LogP contribution in [-0.2, 0) is 42.7 Å². The van der Waals surface area contributed by atoms with Crippen LogP contribution in [-0.4, -0.2) is 44.6 Å². The van der Waals surface area contributed by atoms with Gasteiger partial charge >= 0.3 is 12.1 Å². The molecule has 0 saturated carbocycles. The van der Waals surface area contributed by atoms with Crippen molar-refractivity contribution in [1.29, 1.82) is 0 Å². The number of halogens is 4. The minimum absolute atomic E-state index is 0.184. The fourth-order valence-corrected chi connectivity index (χ4v) is 3.06. The molecule has 0 spiro atoms. The van der Waals surface area contributed by atoms with E-state index in [9.17, 15) is 17.6 Å². The van der Waals surface area contributed by atoms with Gasteiger partial charge in [0.05, 0.1) is 24.1 Å². The Bertz CT molecular complexity index is 848. The summed E-state index contributed by atoms with van der Waals surface area (Å²) < 4.78 is 52.4. The minimum Gasteiger partial charge on any atom is -0.475 e. The second-order valence-corrected chi connectivity index (χ2v) is 7.25. The van der Waals surface area contributed by atoms with Gasteiger partial charge in [-0.3, -0.25) is 9.58 Å². The monoisotopic (exact) mass is 431 g/mol. The topological polar surface area (TPSA) is 67.6 Å². The highest BCUT2D eigenvalue weighted by Gasteiger charge is 2.38. The van der Waals surface area contributed by atoms with Gasteiger partial charge in [-0.1, -0.05) is 12.1 Å². The molecule has 1 aromatic carbocycles. The van der Waals surface area contributed by atoms with Crippen molar-refractivity contribution in [1.82, 2.24) is 14.7 Å². The number of rotatable bonds is 5. The molecule has 1 aliphatic rings. The number of carboxylic acid groups (broad SMARTS) is 1. The highest BCUT2D eigenvalue weighted by Crippen LogP contribution is 2.24. The second-order valence-electron chi connectivity index (χ2n) is 7.25. The van der Waals surface area contributed by atoms with Crippen molar-refractivity contribution in [3.8, 4) is 0 Å². The molecule has 1 aromatic heterocycles. The molecular weight excluding hydrogens is 406 g/mol. The van der Waals surface area contributed by atoms with Gasteiger partial charge in [-0.05, 0) is 38.0 Å². The third-order valence-corrected chi connectivity index (χ3v) is 4.52. The summed E-state index contributed by atoms with van der Waals surface area (Å²) in [5.41, 5.74) is 4.81. The van der Waals surface area contributed by atoms with Gasteiger partial charge in [0.15, 0.2) is 0 Å². The van der Waals surface area contributed by atoms with Gasteiger partial charge in [-0.2, -0.15) is 18.3 Å². The molecule has 0 atom stereocenters. The summed E-state index contributed by atoms with van der Waals surface area (Å²) >= 11 is 0.